The van der Waals surface area contributed by atoms with Gasteiger partial charge in [-0.1, -0.05) is 97.9 Å². The number of aromatic nitrogens is 2. The number of amides is 3. The number of hydrogen-bond donors (Lipinski definition) is 2. The molecule has 0 radical (unpaired) electrons. The highest BCUT2D eigenvalue weighted by Crippen LogP contribution is 2.22. The summed E-state index contributed by atoms with van der Waals surface area (Å²) in [5.74, 6) is -0.637. The maximum atomic E-state index is 14.4. The number of nitrogens with zero attached hydrogens (tertiary/aromatic N) is 3. The van der Waals surface area contributed by atoms with E-state index in [1.807, 2.05) is 110 Å². The predicted molar refractivity (Wildman–Crippen MR) is 174 cm³/mol. The number of para-hydroxylation sites is 1. The maximum absolute atomic E-state index is 14.4. The number of anilines is 1. The minimum Gasteiger partial charge on any atom is -0.445 e. The fourth-order valence-corrected chi connectivity index (χ4v) is 5.26. The SMILES string of the molecule is CCCN(C(=O)CN(Cc1cccc2ccccc12)C(=O)C(Cc1c[nH]cn1)NC(=O)OCc1ccccc1)c1ccccc1. The zero-order valence-corrected chi connectivity index (χ0v) is 25.3. The standard InChI is InChI=1S/C36H37N5O4/c1-2-20-41(31-17-7-4-8-18-31)34(42)24-40(23-29-16-11-15-28-14-9-10-19-32(28)29)35(43)33(21-30-22-37-26-38-30)39-36(44)45-25-27-12-5-3-6-13-27/h3-19,22,26,33H,2,20-21,23-25H2,1H3,(H,37,38)(H,39,44). The van der Waals surface area contributed by atoms with Crippen LogP contribution >= 0.6 is 0 Å². The zero-order valence-electron chi connectivity index (χ0n) is 25.3. The summed E-state index contributed by atoms with van der Waals surface area (Å²) in [6.07, 6.45) is 3.32. The summed E-state index contributed by atoms with van der Waals surface area (Å²) in [7, 11) is 0. The summed E-state index contributed by atoms with van der Waals surface area (Å²) in [6, 6.07) is 31.6. The van der Waals surface area contributed by atoms with Crippen molar-refractivity contribution in [2.24, 2.45) is 0 Å². The number of alkyl carbamates (subject to hydrolysis) is 1. The fourth-order valence-electron chi connectivity index (χ4n) is 5.26. The molecule has 3 amide bonds. The predicted octanol–water partition coefficient (Wildman–Crippen LogP) is 5.87. The van der Waals surface area contributed by atoms with E-state index in [1.165, 1.54) is 11.2 Å². The van der Waals surface area contributed by atoms with Crippen LogP contribution in [0.25, 0.3) is 10.8 Å². The average Bonchev–Trinajstić information content (AvgIpc) is 3.59. The Labute approximate surface area is 262 Å². The van der Waals surface area contributed by atoms with Gasteiger partial charge in [-0.25, -0.2) is 9.78 Å². The van der Waals surface area contributed by atoms with Gasteiger partial charge in [-0.3, -0.25) is 9.59 Å². The van der Waals surface area contributed by atoms with Gasteiger partial charge in [-0.15, -0.1) is 0 Å². The largest absolute Gasteiger partial charge is 0.445 e. The molecule has 5 rings (SSSR count). The molecule has 2 N–H and O–H groups in total. The lowest BCUT2D eigenvalue weighted by atomic mass is 10.0. The van der Waals surface area contributed by atoms with E-state index in [2.05, 4.69) is 15.3 Å². The van der Waals surface area contributed by atoms with Crippen LogP contribution in [0, 0.1) is 0 Å². The fraction of sp³-hybridized carbons (Fsp3) is 0.222. The van der Waals surface area contributed by atoms with Crippen LogP contribution in [-0.2, 0) is 33.9 Å². The molecule has 0 saturated heterocycles. The van der Waals surface area contributed by atoms with Gasteiger partial charge in [0.05, 0.1) is 12.0 Å². The van der Waals surface area contributed by atoms with Crippen molar-refractivity contribution in [1.29, 1.82) is 0 Å². The van der Waals surface area contributed by atoms with Gasteiger partial charge in [0.2, 0.25) is 11.8 Å². The van der Waals surface area contributed by atoms with E-state index in [9.17, 15) is 14.4 Å². The number of benzene rings is 4. The molecule has 1 unspecified atom stereocenters. The number of carbonyl (C=O) groups is 3. The second-order valence-corrected chi connectivity index (χ2v) is 10.7. The zero-order chi connectivity index (χ0) is 31.4. The van der Waals surface area contributed by atoms with Gasteiger partial charge in [0.1, 0.15) is 19.2 Å². The summed E-state index contributed by atoms with van der Waals surface area (Å²) in [5, 5.41) is 4.77. The van der Waals surface area contributed by atoms with E-state index in [0.29, 0.717) is 12.2 Å². The summed E-state index contributed by atoms with van der Waals surface area (Å²) in [6.45, 7) is 2.54. The monoisotopic (exact) mass is 603 g/mol. The Morgan fingerprint density at radius 1 is 0.889 bits per heavy atom. The number of ether oxygens (including phenoxy) is 1. The quantitative estimate of drug-likeness (QED) is 0.175. The van der Waals surface area contributed by atoms with E-state index in [1.54, 1.807) is 11.1 Å². The Morgan fingerprint density at radius 3 is 2.33 bits per heavy atom. The maximum Gasteiger partial charge on any atom is 0.408 e. The number of aromatic amines is 1. The lowest BCUT2D eigenvalue weighted by molar-refractivity contribution is -0.137. The molecule has 1 aromatic heterocycles. The molecule has 45 heavy (non-hydrogen) atoms. The van der Waals surface area contributed by atoms with Crippen LogP contribution in [0.5, 0.6) is 0 Å². The highest BCUT2D eigenvalue weighted by Gasteiger charge is 2.30. The van der Waals surface area contributed by atoms with E-state index in [0.717, 1.165) is 34.0 Å². The van der Waals surface area contributed by atoms with Crippen LogP contribution in [0.4, 0.5) is 10.5 Å². The van der Waals surface area contributed by atoms with Gasteiger partial charge in [0.15, 0.2) is 0 Å². The van der Waals surface area contributed by atoms with Crippen LogP contribution in [0.2, 0.25) is 0 Å². The smallest absolute Gasteiger partial charge is 0.408 e. The first-order chi connectivity index (χ1) is 22.0. The average molecular weight is 604 g/mol. The molecule has 5 aromatic rings. The molecular weight excluding hydrogens is 566 g/mol. The second kappa shape index (κ2) is 15.3. The van der Waals surface area contributed by atoms with Gasteiger partial charge >= 0.3 is 6.09 Å². The molecule has 0 aliphatic carbocycles. The Bertz CT molecular complexity index is 1690. The summed E-state index contributed by atoms with van der Waals surface area (Å²) >= 11 is 0. The molecule has 230 valence electrons. The normalized spacial score (nSPS) is 11.5. The Kier molecular flexibility index (Phi) is 10.6. The van der Waals surface area contributed by atoms with Crippen molar-refractivity contribution in [2.75, 3.05) is 18.0 Å². The summed E-state index contributed by atoms with van der Waals surface area (Å²) in [4.78, 5) is 51.8. The molecule has 9 nitrogen and oxygen atoms in total. The molecule has 0 fully saturated rings. The van der Waals surface area contributed by atoms with Gasteiger partial charge in [-0.05, 0) is 40.5 Å². The molecule has 4 aromatic carbocycles. The van der Waals surface area contributed by atoms with Gasteiger partial charge < -0.3 is 24.8 Å². The first kappa shape index (κ1) is 31.0. The molecule has 0 aliphatic rings. The number of imidazole rings is 1. The molecule has 9 heteroatoms. The Morgan fingerprint density at radius 2 is 1.60 bits per heavy atom. The van der Waals surface area contributed by atoms with E-state index in [-0.39, 0.29) is 32.0 Å². The number of nitrogens with one attached hydrogen (secondary N) is 2. The molecule has 0 bridgehead atoms. The third kappa shape index (κ3) is 8.35. The highest BCUT2D eigenvalue weighted by molar-refractivity contribution is 5.98. The van der Waals surface area contributed by atoms with Crippen molar-refractivity contribution in [3.63, 3.8) is 0 Å². The van der Waals surface area contributed by atoms with E-state index >= 15 is 0 Å². The van der Waals surface area contributed by atoms with Crippen LogP contribution in [0.1, 0.15) is 30.2 Å². The van der Waals surface area contributed by atoms with Crippen molar-refractivity contribution in [2.45, 2.75) is 39.0 Å². The van der Waals surface area contributed by atoms with Crippen molar-refractivity contribution in [3.05, 3.63) is 132 Å². The van der Waals surface area contributed by atoms with Crippen LogP contribution < -0.4 is 10.2 Å². The van der Waals surface area contributed by atoms with Crippen molar-refractivity contribution in [1.82, 2.24) is 20.2 Å². The first-order valence-electron chi connectivity index (χ1n) is 15.1. The number of hydrogen-bond acceptors (Lipinski definition) is 5. The van der Waals surface area contributed by atoms with E-state index in [4.69, 9.17) is 4.74 Å². The van der Waals surface area contributed by atoms with E-state index < -0.39 is 18.0 Å². The van der Waals surface area contributed by atoms with Crippen LogP contribution in [0.3, 0.4) is 0 Å². The number of carbonyl (C=O) groups excluding carboxylic acids is 3. The Hall–Kier alpha value is -5.44. The second-order valence-electron chi connectivity index (χ2n) is 10.7. The van der Waals surface area contributed by atoms with Gasteiger partial charge in [0, 0.05) is 31.4 Å². The number of rotatable bonds is 13. The molecule has 0 spiro atoms. The minimum atomic E-state index is -1.03. The lowest BCUT2D eigenvalue weighted by Gasteiger charge is -2.30. The molecule has 0 aliphatic heterocycles. The van der Waals surface area contributed by atoms with Crippen molar-refractivity contribution < 1.29 is 19.1 Å². The van der Waals surface area contributed by atoms with Crippen LogP contribution in [-0.4, -0.2) is 51.9 Å². The van der Waals surface area contributed by atoms with Crippen LogP contribution in [0.15, 0.2) is 116 Å². The number of H-pyrrole nitrogens is 1. The summed E-state index contributed by atoms with van der Waals surface area (Å²) in [5.41, 5.74) is 3.06. The molecular formula is C36H37N5O4. The highest BCUT2D eigenvalue weighted by atomic mass is 16.5. The van der Waals surface area contributed by atoms with Gasteiger partial charge in [-0.2, -0.15) is 0 Å². The third-order valence-electron chi connectivity index (χ3n) is 7.47. The van der Waals surface area contributed by atoms with Gasteiger partial charge in [0.25, 0.3) is 0 Å². The minimum absolute atomic E-state index is 0.0528. The molecule has 1 heterocycles. The molecule has 0 saturated carbocycles. The Balaban J connectivity index is 1.44. The topological polar surface area (TPSA) is 108 Å². The van der Waals surface area contributed by atoms with Crippen molar-refractivity contribution >= 4 is 34.4 Å². The molecule has 1 atom stereocenters. The third-order valence-corrected chi connectivity index (χ3v) is 7.47. The van der Waals surface area contributed by atoms with Crippen molar-refractivity contribution in [3.8, 4) is 0 Å². The number of fused-ring (bicyclic) bond motifs is 1. The summed E-state index contributed by atoms with van der Waals surface area (Å²) < 4.78 is 5.47. The first-order valence-corrected chi connectivity index (χ1v) is 15.1. The lowest BCUT2D eigenvalue weighted by Crippen LogP contribution is -2.52.